The monoisotopic (exact) mass is 346 g/mol. The largest absolute Gasteiger partial charge is 0.488 e. The highest BCUT2D eigenvalue weighted by atomic mass is 19.3. The molecule has 0 atom stereocenters. The van der Waals surface area contributed by atoms with Gasteiger partial charge < -0.3 is 13.9 Å². The Morgan fingerprint density at radius 3 is 2.60 bits per heavy atom. The SMILES string of the molecule is Cc1cc(=O)oc2c(C)c(OCc3ccccc3OC(F)F)ccc12. The highest BCUT2D eigenvalue weighted by Crippen LogP contribution is 2.29. The molecule has 2 aromatic carbocycles. The second-order valence-electron chi connectivity index (χ2n) is 5.59. The minimum Gasteiger partial charge on any atom is -0.488 e. The molecule has 25 heavy (non-hydrogen) atoms. The Hall–Kier alpha value is -2.89. The molecule has 0 fully saturated rings. The zero-order valence-corrected chi connectivity index (χ0v) is 13.7. The Morgan fingerprint density at radius 1 is 1.08 bits per heavy atom. The number of alkyl halides is 2. The molecule has 0 aliphatic rings. The van der Waals surface area contributed by atoms with Crippen molar-refractivity contribution in [3.8, 4) is 11.5 Å². The maximum atomic E-state index is 12.5. The van der Waals surface area contributed by atoms with Gasteiger partial charge in [0, 0.05) is 22.6 Å². The summed E-state index contributed by atoms with van der Waals surface area (Å²) in [5, 5.41) is 0.825. The predicted octanol–water partition coefficient (Wildman–Crippen LogP) is 4.59. The lowest BCUT2D eigenvalue weighted by Crippen LogP contribution is -2.06. The van der Waals surface area contributed by atoms with E-state index in [-0.39, 0.29) is 12.4 Å². The van der Waals surface area contributed by atoms with E-state index in [0.29, 0.717) is 22.5 Å². The van der Waals surface area contributed by atoms with Crippen LogP contribution in [0, 0.1) is 13.8 Å². The molecule has 6 heteroatoms. The van der Waals surface area contributed by atoms with Crippen molar-refractivity contribution in [1.82, 2.24) is 0 Å². The van der Waals surface area contributed by atoms with Crippen LogP contribution in [-0.2, 0) is 6.61 Å². The lowest BCUT2D eigenvalue weighted by atomic mass is 10.1. The number of ether oxygens (including phenoxy) is 2. The number of halogens is 2. The number of aryl methyl sites for hydroxylation is 2. The number of para-hydroxylation sites is 1. The lowest BCUT2D eigenvalue weighted by Gasteiger charge is -2.14. The van der Waals surface area contributed by atoms with Gasteiger partial charge in [-0.3, -0.25) is 0 Å². The van der Waals surface area contributed by atoms with E-state index in [1.807, 2.05) is 6.92 Å². The van der Waals surface area contributed by atoms with E-state index in [4.69, 9.17) is 9.15 Å². The Morgan fingerprint density at radius 2 is 1.84 bits per heavy atom. The number of hydrogen-bond acceptors (Lipinski definition) is 4. The van der Waals surface area contributed by atoms with Gasteiger partial charge in [-0.05, 0) is 37.6 Å². The molecular weight excluding hydrogens is 330 g/mol. The Labute approximate surface area is 142 Å². The van der Waals surface area contributed by atoms with Gasteiger partial charge in [0.15, 0.2) is 0 Å². The first-order chi connectivity index (χ1) is 12.0. The third-order valence-corrected chi connectivity index (χ3v) is 3.89. The summed E-state index contributed by atoms with van der Waals surface area (Å²) in [6, 6.07) is 11.4. The molecule has 0 aliphatic carbocycles. The summed E-state index contributed by atoms with van der Waals surface area (Å²) in [6.45, 7) is 0.755. The Bertz CT molecular complexity index is 963. The van der Waals surface area contributed by atoms with Crippen LogP contribution in [-0.4, -0.2) is 6.61 Å². The van der Waals surface area contributed by atoms with Gasteiger partial charge in [0.25, 0.3) is 0 Å². The summed E-state index contributed by atoms with van der Waals surface area (Å²) in [7, 11) is 0. The van der Waals surface area contributed by atoms with Crippen LogP contribution in [0.1, 0.15) is 16.7 Å². The number of rotatable bonds is 5. The van der Waals surface area contributed by atoms with E-state index in [9.17, 15) is 13.6 Å². The topological polar surface area (TPSA) is 48.7 Å². The van der Waals surface area contributed by atoms with Gasteiger partial charge in [-0.1, -0.05) is 18.2 Å². The van der Waals surface area contributed by atoms with Crippen LogP contribution in [0.25, 0.3) is 11.0 Å². The third-order valence-electron chi connectivity index (χ3n) is 3.89. The zero-order chi connectivity index (χ0) is 18.0. The fraction of sp³-hybridized carbons (Fsp3) is 0.211. The first-order valence-corrected chi connectivity index (χ1v) is 7.65. The standard InChI is InChI=1S/C19H16F2O4/c1-11-9-17(22)25-18-12(2)15(8-7-14(11)18)23-10-13-5-3-4-6-16(13)24-19(20)21/h3-9,19H,10H2,1-2H3. The van der Waals surface area contributed by atoms with E-state index < -0.39 is 12.2 Å². The minimum absolute atomic E-state index is 0.0469. The lowest BCUT2D eigenvalue weighted by molar-refractivity contribution is -0.0508. The first kappa shape index (κ1) is 17.0. The Balaban J connectivity index is 1.90. The molecule has 0 spiro atoms. The molecule has 0 radical (unpaired) electrons. The van der Waals surface area contributed by atoms with Crippen molar-refractivity contribution < 1.29 is 22.7 Å². The maximum Gasteiger partial charge on any atom is 0.387 e. The summed E-state index contributed by atoms with van der Waals surface area (Å²) in [5.74, 6) is 0.575. The van der Waals surface area contributed by atoms with Crippen LogP contribution in [0.4, 0.5) is 8.78 Å². The molecule has 0 bridgehead atoms. The van der Waals surface area contributed by atoms with E-state index in [1.165, 1.54) is 12.1 Å². The first-order valence-electron chi connectivity index (χ1n) is 7.65. The summed E-state index contributed by atoms with van der Waals surface area (Å²) in [6.07, 6.45) is 0. The van der Waals surface area contributed by atoms with Gasteiger partial charge in [-0.15, -0.1) is 0 Å². The summed E-state index contributed by atoms with van der Waals surface area (Å²) < 4.78 is 40.5. The van der Waals surface area contributed by atoms with E-state index in [1.54, 1.807) is 37.3 Å². The van der Waals surface area contributed by atoms with Crippen molar-refractivity contribution >= 4 is 11.0 Å². The molecule has 4 nitrogen and oxygen atoms in total. The second kappa shape index (κ2) is 6.93. The molecule has 0 saturated heterocycles. The quantitative estimate of drug-likeness (QED) is 0.634. The van der Waals surface area contributed by atoms with Crippen molar-refractivity contribution in [2.75, 3.05) is 0 Å². The zero-order valence-electron chi connectivity index (χ0n) is 13.7. The smallest absolute Gasteiger partial charge is 0.387 e. The van der Waals surface area contributed by atoms with Crippen LogP contribution in [0.15, 0.2) is 51.7 Å². The van der Waals surface area contributed by atoms with Gasteiger partial charge in [0.05, 0.1) is 0 Å². The number of benzene rings is 2. The van der Waals surface area contributed by atoms with Gasteiger partial charge in [-0.2, -0.15) is 8.78 Å². The van der Waals surface area contributed by atoms with Gasteiger partial charge >= 0.3 is 12.2 Å². The van der Waals surface area contributed by atoms with E-state index in [2.05, 4.69) is 4.74 Å². The van der Waals surface area contributed by atoms with Crippen LogP contribution in [0.2, 0.25) is 0 Å². The fourth-order valence-electron chi connectivity index (χ4n) is 2.65. The van der Waals surface area contributed by atoms with Gasteiger partial charge in [-0.25, -0.2) is 4.79 Å². The number of fused-ring (bicyclic) bond motifs is 1. The molecule has 1 heterocycles. The van der Waals surface area contributed by atoms with Crippen molar-refractivity contribution in [2.45, 2.75) is 27.1 Å². The van der Waals surface area contributed by atoms with Crippen molar-refractivity contribution in [3.63, 3.8) is 0 Å². The van der Waals surface area contributed by atoms with Gasteiger partial charge in [0.2, 0.25) is 0 Å². The molecule has 0 unspecified atom stereocenters. The molecule has 3 rings (SSSR count). The summed E-state index contributed by atoms with van der Waals surface area (Å²) in [4.78, 5) is 11.6. The second-order valence-corrected chi connectivity index (χ2v) is 5.59. The molecule has 130 valence electrons. The van der Waals surface area contributed by atoms with E-state index >= 15 is 0 Å². The maximum absolute atomic E-state index is 12.5. The molecule has 0 saturated carbocycles. The molecule has 0 aliphatic heterocycles. The van der Waals surface area contributed by atoms with Crippen molar-refractivity contribution in [2.24, 2.45) is 0 Å². The fourth-order valence-corrected chi connectivity index (χ4v) is 2.65. The van der Waals surface area contributed by atoms with Crippen molar-refractivity contribution in [1.29, 1.82) is 0 Å². The normalized spacial score (nSPS) is 11.1. The molecule has 0 N–H and O–H groups in total. The average molecular weight is 346 g/mol. The van der Waals surface area contributed by atoms with Crippen LogP contribution in [0.3, 0.4) is 0 Å². The average Bonchev–Trinajstić information content (AvgIpc) is 2.55. The minimum atomic E-state index is -2.90. The van der Waals surface area contributed by atoms with Crippen molar-refractivity contribution in [3.05, 3.63) is 69.6 Å². The van der Waals surface area contributed by atoms with Crippen LogP contribution >= 0.6 is 0 Å². The summed E-state index contributed by atoms with van der Waals surface area (Å²) in [5.41, 5.74) is 2.01. The molecule has 1 aromatic heterocycles. The predicted molar refractivity (Wildman–Crippen MR) is 89.4 cm³/mol. The molecule has 3 aromatic rings. The number of hydrogen-bond donors (Lipinski definition) is 0. The summed E-state index contributed by atoms with van der Waals surface area (Å²) >= 11 is 0. The third kappa shape index (κ3) is 3.63. The highest BCUT2D eigenvalue weighted by Gasteiger charge is 2.13. The highest BCUT2D eigenvalue weighted by molar-refractivity contribution is 5.84. The molecule has 0 amide bonds. The Kier molecular flexibility index (Phi) is 4.70. The van der Waals surface area contributed by atoms with E-state index in [0.717, 1.165) is 10.9 Å². The molecular formula is C19H16F2O4. The van der Waals surface area contributed by atoms with Crippen LogP contribution in [0.5, 0.6) is 11.5 Å². The van der Waals surface area contributed by atoms with Crippen LogP contribution < -0.4 is 15.1 Å². The van der Waals surface area contributed by atoms with Gasteiger partial charge in [0.1, 0.15) is 23.7 Å².